The summed E-state index contributed by atoms with van der Waals surface area (Å²) in [4.78, 5) is 25.1. The third-order valence-electron chi connectivity index (χ3n) is 4.77. The minimum absolute atomic E-state index is 0.0113. The van der Waals surface area contributed by atoms with Crippen LogP contribution in [0.25, 0.3) is 0 Å². The SMILES string of the molecule is CCCC[C@@H]1S/C(=N\N=C/c2cccc([N+](=O)[O-])c2)N(Cc2ccc(OC)cc2)C1=O. The van der Waals surface area contributed by atoms with Gasteiger partial charge in [0.25, 0.3) is 5.69 Å². The van der Waals surface area contributed by atoms with Crippen molar-refractivity contribution in [2.24, 2.45) is 10.2 Å². The second-order valence-electron chi connectivity index (χ2n) is 7.00. The van der Waals surface area contributed by atoms with Gasteiger partial charge in [0.1, 0.15) is 5.75 Å². The topological polar surface area (TPSA) is 97.4 Å². The molecule has 3 rings (SSSR count). The number of nitro groups is 1. The van der Waals surface area contributed by atoms with Crippen molar-refractivity contribution in [2.75, 3.05) is 7.11 Å². The normalized spacial score (nSPS) is 17.6. The number of non-ortho nitro benzene ring substituents is 1. The molecular weight excluding hydrogens is 416 g/mol. The van der Waals surface area contributed by atoms with E-state index in [0.29, 0.717) is 17.3 Å². The average molecular weight is 441 g/mol. The summed E-state index contributed by atoms with van der Waals surface area (Å²) in [5.74, 6) is 0.778. The van der Waals surface area contributed by atoms with E-state index < -0.39 is 4.92 Å². The van der Waals surface area contributed by atoms with E-state index in [1.807, 2.05) is 24.3 Å². The van der Waals surface area contributed by atoms with Crippen LogP contribution in [0.5, 0.6) is 5.75 Å². The first kappa shape index (κ1) is 22.5. The van der Waals surface area contributed by atoms with Crippen molar-refractivity contribution in [1.82, 2.24) is 4.90 Å². The van der Waals surface area contributed by atoms with Crippen LogP contribution in [0.1, 0.15) is 37.3 Å². The number of carbonyl (C=O) groups excluding carboxylic acids is 1. The van der Waals surface area contributed by atoms with Gasteiger partial charge in [-0.1, -0.05) is 55.8 Å². The lowest BCUT2D eigenvalue weighted by Gasteiger charge is -2.16. The summed E-state index contributed by atoms with van der Waals surface area (Å²) in [7, 11) is 1.61. The first-order valence-electron chi connectivity index (χ1n) is 9.98. The maximum absolute atomic E-state index is 13.0. The van der Waals surface area contributed by atoms with Crippen molar-refractivity contribution in [3.8, 4) is 5.75 Å². The second-order valence-corrected chi connectivity index (χ2v) is 8.17. The number of hydrogen-bond acceptors (Lipinski definition) is 7. The monoisotopic (exact) mass is 440 g/mol. The third kappa shape index (κ3) is 5.91. The molecule has 1 heterocycles. The molecule has 0 radical (unpaired) electrons. The van der Waals surface area contributed by atoms with Crippen LogP contribution in [0.3, 0.4) is 0 Å². The molecule has 2 aromatic carbocycles. The molecule has 1 saturated heterocycles. The lowest BCUT2D eigenvalue weighted by atomic mass is 10.1. The Morgan fingerprint density at radius 2 is 2.03 bits per heavy atom. The summed E-state index contributed by atoms with van der Waals surface area (Å²) >= 11 is 1.42. The summed E-state index contributed by atoms with van der Waals surface area (Å²) in [6.45, 7) is 2.49. The number of unbranched alkanes of at least 4 members (excludes halogenated alkanes) is 1. The first-order valence-corrected chi connectivity index (χ1v) is 10.9. The molecule has 0 bridgehead atoms. The Labute approximate surface area is 185 Å². The summed E-state index contributed by atoms with van der Waals surface area (Å²) in [6.07, 6.45) is 4.22. The minimum atomic E-state index is -0.455. The van der Waals surface area contributed by atoms with Gasteiger partial charge in [0.05, 0.1) is 30.0 Å². The summed E-state index contributed by atoms with van der Waals surface area (Å²) in [5, 5.41) is 19.7. The van der Waals surface area contributed by atoms with Crippen LogP contribution in [0.4, 0.5) is 5.69 Å². The van der Waals surface area contributed by atoms with Crippen LogP contribution in [0, 0.1) is 10.1 Å². The molecular formula is C22H24N4O4S. The lowest BCUT2D eigenvalue weighted by molar-refractivity contribution is -0.384. The Morgan fingerprint density at radius 3 is 2.71 bits per heavy atom. The molecule has 1 aliphatic heterocycles. The van der Waals surface area contributed by atoms with Gasteiger partial charge in [0.15, 0.2) is 5.17 Å². The highest BCUT2D eigenvalue weighted by molar-refractivity contribution is 8.15. The highest BCUT2D eigenvalue weighted by Gasteiger charge is 2.37. The van der Waals surface area contributed by atoms with Crippen LogP contribution < -0.4 is 4.74 Å². The van der Waals surface area contributed by atoms with Crippen LogP contribution >= 0.6 is 11.8 Å². The fourth-order valence-corrected chi connectivity index (χ4v) is 4.22. The zero-order valence-corrected chi connectivity index (χ0v) is 18.2. The molecule has 0 saturated carbocycles. The quantitative estimate of drug-likeness (QED) is 0.322. The van der Waals surface area contributed by atoms with E-state index in [9.17, 15) is 14.9 Å². The van der Waals surface area contributed by atoms with Crippen LogP contribution in [-0.2, 0) is 11.3 Å². The molecule has 162 valence electrons. The molecule has 0 aliphatic carbocycles. The number of amides is 1. The number of nitrogens with zero attached hydrogens (tertiary/aromatic N) is 4. The maximum atomic E-state index is 13.0. The standard InChI is InChI=1S/C22H24N4O4S/c1-3-4-8-20-21(27)25(15-16-9-11-19(30-2)12-10-16)22(31-20)24-23-14-17-6-5-7-18(13-17)26(28)29/h5-7,9-14,20H,3-4,8,15H2,1-2H3/b23-14-,24-22-/t20-/m0/s1. The van der Waals surface area contributed by atoms with Crippen molar-refractivity contribution in [3.63, 3.8) is 0 Å². The smallest absolute Gasteiger partial charge is 0.270 e. The fraction of sp³-hybridized carbons (Fsp3) is 0.318. The van der Waals surface area contributed by atoms with Gasteiger partial charge in [-0.3, -0.25) is 19.8 Å². The van der Waals surface area contributed by atoms with Gasteiger partial charge in [0, 0.05) is 17.7 Å². The summed E-state index contributed by atoms with van der Waals surface area (Å²) < 4.78 is 5.19. The molecule has 1 fully saturated rings. The molecule has 0 N–H and O–H groups in total. The number of nitro benzene ring substituents is 1. The van der Waals surface area contributed by atoms with Gasteiger partial charge >= 0.3 is 0 Å². The van der Waals surface area contributed by atoms with E-state index in [-0.39, 0.29) is 16.8 Å². The van der Waals surface area contributed by atoms with Crippen molar-refractivity contribution in [2.45, 2.75) is 38.0 Å². The van der Waals surface area contributed by atoms with Crippen LogP contribution in [0.2, 0.25) is 0 Å². The number of methoxy groups -OCH3 is 1. The maximum Gasteiger partial charge on any atom is 0.270 e. The van der Waals surface area contributed by atoms with Crippen molar-refractivity contribution < 1.29 is 14.5 Å². The number of rotatable bonds is 9. The molecule has 8 nitrogen and oxygen atoms in total. The third-order valence-corrected chi connectivity index (χ3v) is 6.01. The number of hydrogen-bond donors (Lipinski definition) is 0. The molecule has 9 heteroatoms. The number of carbonyl (C=O) groups is 1. The zero-order chi connectivity index (χ0) is 22.2. The lowest BCUT2D eigenvalue weighted by Crippen LogP contribution is -2.31. The number of amidine groups is 1. The summed E-state index contributed by atoms with van der Waals surface area (Å²) in [6, 6.07) is 13.7. The van der Waals surface area contributed by atoms with Gasteiger partial charge in [-0.2, -0.15) is 5.10 Å². The molecule has 0 spiro atoms. The Bertz CT molecular complexity index is 991. The zero-order valence-electron chi connectivity index (χ0n) is 17.4. The molecule has 31 heavy (non-hydrogen) atoms. The van der Waals surface area contributed by atoms with Gasteiger partial charge in [-0.05, 0) is 24.1 Å². The van der Waals surface area contributed by atoms with Crippen LogP contribution in [-0.4, -0.2) is 39.5 Å². The van der Waals surface area contributed by atoms with Gasteiger partial charge in [-0.15, -0.1) is 5.10 Å². The van der Waals surface area contributed by atoms with Crippen molar-refractivity contribution in [1.29, 1.82) is 0 Å². The van der Waals surface area contributed by atoms with Gasteiger partial charge in [-0.25, -0.2) is 0 Å². The Hall–Kier alpha value is -3.20. The molecule has 2 aromatic rings. The van der Waals surface area contributed by atoms with Crippen LogP contribution in [0.15, 0.2) is 58.7 Å². The number of thioether (sulfide) groups is 1. The van der Waals surface area contributed by atoms with Gasteiger partial charge in [0.2, 0.25) is 5.91 Å². The van der Waals surface area contributed by atoms with Crippen molar-refractivity contribution >= 4 is 34.7 Å². The van der Waals surface area contributed by atoms with E-state index in [0.717, 1.165) is 30.6 Å². The molecule has 1 amide bonds. The predicted molar refractivity (Wildman–Crippen MR) is 123 cm³/mol. The fourth-order valence-electron chi connectivity index (χ4n) is 3.08. The van der Waals surface area contributed by atoms with Gasteiger partial charge < -0.3 is 4.74 Å². The largest absolute Gasteiger partial charge is 0.497 e. The minimum Gasteiger partial charge on any atom is -0.497 e. The Morgan fingerprint density at radius 1 is 1.26 bits per heavy atom. The van der Waals surface area contributed by atoms with E-state index in [2.05, 4.69) is 17.1 Å². The molecule has 0 aromatic heterocycles. The Kier molecular flexibility index (Phi) is 7.77. The molecule has 0 unspecified atom stereocenters. The molecule has 1 aliphatic rings. The number of ether oxygens (including phenoxy) is 1. The highest BCUT2D eigenvalue weighted by atomic mass is 32.2. The average Bonchev–Trinajstić information content (AvgIpc) is 3.07. The van der Waals surface area contributed by atoms with E-state index >= 15 is 0 Å². The number of benzene rings is 2. The molecule has 1 atom stereocenters. The van der Waals surface area contributed by atoms with Crippen molar-refractivity contribution in [3.05, 3.63) is 69.8 Å². The second kappa shape index (κ2) is 10.7. The van der Waals surface area contributed by atoms with E-state index in [4.69, 9.17) is 4.74 Å². The summed E-state index contributed by atoms with van der Waals surface area (Å²) in [5.41, 5.74) is 1.51. The predicted octanol–water partition coefficient (Wildman–Crippen LogP) is 4.63. The highest BCUT2D eigenvalue weighted by Crippen LogP contribution is 2.32. The Balaban J connectivity index is 1.80. The van der Waals surface area contributed by atoms with E-state index in [1.54, 1.807) is 24.1 Å². The van der Waals surface area contributed by atoms with E-state index in [1.165, 1.54) is 30.1 Å². The first-order chi connectivity index (χ1) is 15.0.